The minimum absolute atomic E-state index is 0.438. The van der Waals surface area contributed by atoms with Gasteiger partial charge in [0.15, 0.2) is 0 Å². The fraction of sp³-hybridized carbons (Fsp3) is 0.0909. The Morgan fingerprint density at radius 2 is 2.00 bits per heavy atom. The molecule has 15 heavy (non-hydrogen) atoms. The van der Waals surface area contributed by atoms with E-state index in [1.165, 1.54) is 11.3 Å². The van der Waals surface area contributed by atoms with Crippen LogP contribution < -0.4 is 0 Å². The maximum absolute atomic E-state index is 11.0. The van der Waals surface area contributed by atoms with Gasteiger partial charge >= 0.3 is 0 Å². The van der Waals surface area contributed by atoms with Crippen LogP contribution in [0.1, 0.15) is 15.4 Å². The Hall–Kier alpha value is -1.19. The lowest BCUT2D eigenvalue weighted by Gasteiger charge is -1.92. The predicted octanol–water partition coefficient (Wildman–Crippen LogP) is 3.50. The first-order valence-electron chi connectivity index (χ1n) is 4.41. The minimum Gasteiger partial charge on any atom is -0.275 e. The second kappa shape index (κ2) is 4.13. The second-order valence-electron chi connectivity index (χ2n) is 3.07. The summed E-state index contributed by atoms with van der Waals surface area (Å²) in [4.78, 5) is 15.9. The fourth-order valence-electron chi connectivity index (χ4n) is 1.28. The molecule has 0 fully saturated rings. The molecule has 0 aliphatic carbocycles. The average molecular weight is 238 g/mol. The molecule has 0 radical (unpaired) electrons. The maximum Gasteiger partial charge on any atom is 0.264 e. The van der Waals surface area contributed by atoms with Crippen LogP contribution >= 0.6 is 22.9 Å². The monoisotopic (exact) mass is 237 g/mol. The number of hydrogen-bond donors (Lipinski definition) is 0. The van der Waals surface area contributed by atoms with Gasteiger partial charge in [-0.1, -0.05) is 30.3 Å². The number of aromatic nitrogens is 1. The predicted molar refractivity (Wildman–Crippen MR) is 62.5 cm³/mol. The van der Waals surface area contributed by atoms with Crippen molar-refractivity contribution in [3.63, 3.8) is 0 Å². The van der Waals surface area contributed by atoms with Crippen LogP contribution in [0, 0.1) is 6.92 Å². The summed E-state index contributed by atoms with van der Waals surface area (Å²) >= 11 is 6.77. The summed E-state index contributed by atoms with van der Waals surface area (Å²) in [5, 5.41) is 0.393. The zero-order valence-electron chi connectivity index (χ0n) is 8.03. The zero-order valence-corrected chi connectivity index (χ0v) is 9.60. The third-order valence-corrected chi connectivity index (χ3v) is 3.50. The number of thiazole rings is 1. The molecule has 0 bridgehead atoms. The van der Waals surface area contributed by atoms with Crippen molar-refractivity contribution in [2.45, 2.75) is 6.92 Å². The van der Waals surface area contributed by atoms with Gasteiger partial charge in [0.2, 0.25) is 0 Å². The number of nitrogens with zero attached hydrogens (tertiary/aromatic N) is 1. The lowest BCUT2D eigenvalue weighted by Crippen LogP contribution is -1.86. The van der Waals surface area contributed by atoms with E-state index in [4.69, 9.17) is 11.6 Å². The van der Waals surface area contributed by atoms with Crippen LogP contribution in [0.25, 0.3) is 10.6 Å². The summed E-state index contributed by atoms with van der Waals surface area (Å²) in [5.74, 6) is 0. The van der Waals surface area contributed by atoms with Crippen molar-refractivity contribution in [3.8, 4) is 10.6 Å². The molecule has 0 atom stereocenters. The third kappa shape index (κ3) is 2.08. The van der Waals surface area contributed by atoms with Gasteiger partial charge in [-0.25, -0.2) is 4.98 Å². The van der Waals surface area contributed by atoms with Gasteiger partial charge in [0.1, 0.15) is 9.88 Å². The Balaban J connectivity index is 2.48. The highest BCUT2D eigenvalue weighted by Gasteiger charge is 2.13. The van der Waals surface area contributed by atoms with Crippen molar-refractivity contribution < 1.29 is 4.79 Å². The summed E-state index contributed by atoms with van der Waals surface area (Å²) in [6.45, 7) is 1.79. The summed E-state index contributed by atoms with van der Waals surface area (Å²) in [5.41, 5.74) is 1.70. The van der Waals surface area contributed by atoms with Crippen molar-refractivity contribution in [1.82, 2.24) is 4.98 Å². The van der Waals surface area contributed by atoms with E-state index < -0.39 is 5.24 Å². The molecule has 1 aromatic carbocycles. The molecule has 0 unspecified atom stereocenters. The van der Waals surface area contributed by atoms with Crippen molar-refractivity contribution >= 4 is 28.2 Å². The number of aryl methyl sites for hydroxylation is 1. The normalized spacial score (nSPS) is 10.3. The largest absolute Gasteiger partial charge is 0.275 e. The molecule has 2 rings (SSSR count). The Labute approximate surface area is 96.5 Å². The summed E-state index contributed by atoms with van der Waals surface area (Å²) < 4.78 is 0. The third-order valence-electron chi connectivity index (χ3n) is 2.00. The molecule has 0 saturated heterocycles. The first-order valence-corrected chi connectivity index (χ1v) is 5.60. The molecular formula is C11H8ClNOS. The van der Waals surface area contributed by atoms with Crippen LogP contribution in [0.4, 0.5) is 0 Å². The smallest absolute Gasteiger partial charge is 0.264 e. The zero-order chi connectivity index (χ0) is 10.8. The van der Waals surface area contributed by atoms with Gasteiger partial charge < -0.3 is 0 Å². The summed E-state index contributed by atoms with van der Waals surface area (Å²) in [6, 6.07) is 9.74. The molecular weight excluding hydrogens is 230 g/mol. The van der Waals surface area contributed by atoms with Crippen LogP contribution in [0.3, 0.4) is 0 Å². The molecule has 0 spiro atoms. The molecule has 76 valence electrons. The van der Waals surface area contributed by atoms with Crippen LogP contribution in [0.2, 0.25) is 0 Å². The minimum atomic E-state index is -0.438. The SMILES string of the molecule is Cc1nc(-c2ccccc2)sc1C(=O)Cl. The number of halogens is 1. The number of benzene rings is 1. The molecule has 2 aromatic rings. The van der Waals surface area contributed by atoms with Gasteiger partial charge in [0.25, 0.3) is 5.24 Å². The topological polar surface area (TPSA) is 30.0 Å². The molecule has 4 heteroatoms. The highest BCUT2D eigenvalue weighted by molar-refractivity contribution is 7.18. The Morgan fingerprint density at radius 1 is 1.33 bits per heavy atom. The molecule has 2 nitrogen and oxygen atoms in total. The molecule has 0 saturated carbocycles. The van der Waals surface area contributed by atoms with E-state index in [9.17, 15) is 4.79 Å². The number of carbonyl (C=O) groups excluding carboxylic acids is 1. The van der Waals surface area contributed by atoms with Crippen molar-refractivity contribution in [2.24, 2.45) is 0 Å². The van der Waals surface area contributed by atoms with Crippen LogP contribution in [0.15, 0.2) is 30.3 Å². The van der Waals surface area contributed by atoms with Crippen LogP contribution in [0.5, 0.6) is 0 Å². The van der Waals surface area contributed by atoms with E-state index in [0.717, 1.165) is 10.6 Å². The highest BCUT2D eigenvalue weighted by Crippen LogP contribution is 2.28. The van der Waals surface area contributed by atoms with Crippen LogP contribution in [-0.2, 0) is 0 Å². The lowest BCUT2D eigenvalue weighted by molar-refractivity contribution is 0.108. The van der Waals surface area contributed by atoms with Crippen LogP contribution in [-0.4, -0.2) is 10.2 Å². The second-order valence-corrected chi connectivity index (χ2v) is 4.42. The standard InChI is InChI=1S/C11H8ClNOS/c1-7-9(10(12)14)15-11(13-7)8-5-3-2-4-6-8/h2-6H,1H3. The molecule has 0 aliphatic heterocycles. The van der Waals surface area contributed by atoms with Gasteiger partial charge in [-0.3, -0.25) is 4.79 Å². The quantitative estimate of drug-likeness (QED) is 0.749. The molecule has 1 aromatic heterocycles. The first-order chi connectivity index (χ1) is 7.18. The van der Waals surface area contributed by atoms with Crippen molar-refractivity contribution in [2.75, 3.05) is 0 Å². The van der Waals surface area contributed by atoms with E-state index in [1.54, 1.807) is 6.92 Å². The van der Waals surface area contributed by atoms with Gasteiger partial charge in [-0.2, -0.15) is 0 Å². The van der Waals surface area contributed by atoms with E-state index in [-0.39, 0.29) is 0 Å². The number of hydrogen-bond acceptors (Lipinski definition) is 3. The first kappa shape index (κ1) is 10.3. The Morgan fingerprint density at radius 3 is 2.53 bits per heavy atom. The van der Waals surface area contributed by atoms with Gasteiger partial charge in [-0.15, -0.1) is 11.3 Å². The van der Waals surface area contributed by atoms with E-state index in [2.05, 4.69) is 4.98 Å². The van der Waals surface area contributed by atoms with E-state index in [0.29, 0.717) is 10.6 Å². The lowest BCUT2D eigenvalue weighted by atomic mass is 10.2. The van der Waals surface area contributed by atoms with Gasteiger partial charge in [-0.05, 0) is 18.5 Å². The highest BCUT2D eigenvalue weighted by atomic mass is 35.5. The Kier molecular flexibility index (Phi) is 2.84. The fourth-order valence-corrected chi connectivity index (χ4v) is 2.44. The van der Waals surface area contributed by atoms with Crippen molar-refractivity contribution in [1.29, 1.82) is 0 Å². The molecule has 0 amide bonds. The Bertz CT molecular complexity index is 493. The summed E-state index contributed by atoms with van der Waals surface area (Å²) in [7, 11) is 0. The van der Waals surface area contributed by atoms with E-state index in [1.807, 2.05) is 30.3 Å². The maximum atomic E-state index is 11.0. The number of carbonyl (C=O) groups is 1. The molecule has 0 aliphatic rings. The van der Waals surface area contributed by atoms with Gasteiger partial charge in [0.05, 0.1) is 5.69 Å². The van der Waals surface area contributed by atoms with Crippen molar-refractivity contribution in [3.05, 3.63) is 40.9 Å². The van der Waals surface area contributed by atoms with E-state index >= 15 is 0 Å². The van der Waals surface area contributed by atoms with Gasteiger partial charge in [0, 0.05) is 5.56 Å². The average Bonchev–Trinajstić information content (AvgIpc) is 2.62. The molecule has 0 N–H and O–H groups in total. The summed E-state index contributed by atoms with van der Waals surface area (Å²) in [6.07, 6.45) is 0. The molecule has 1 heterocycles. The number of rotatable bonds is 2.